The largest absolute Gasteiger partial charge is 0.208 e. The molecule has 10 rings (SSSR count). The van der Waals surface area contributed by atoms with Crippen molar-refractivity contribution in [3.63, 3.8) is 0 Å². The van der Waals surface area contributed by atoms with Crippen LogP contribution in [0.4, 0.5) is 0 Å². The Morgan fingerprint density at radius 2 is 0.840 bits per heavy atom. The number of fused-ring (bicyclic) bond motifs is 6. The minimum atomic E-state index is 0.649. The van der Waals surface area contributed by atoms with Gasteiger partial charge in [0.25, 0.3) is 0 Å². The fourth-order valence-electron chi connectivity index (χ4n) is 7.04. The Hall–Kier alpha value is -6.01. The van der Waals surface area contributed by atoms with E-state index in [0.29, 0.717) is 17.5 Å². The molecular weight excluding hydrogens is 647 g/mol. The highest BCUT2D eigenvalue weighted by atomic mass is 32.1. The van der Waals surface area contributed by atoms with Crippen molar-refractivity contribution in [2.75, 3.05) is 0 Å². The van der Waals surface area contributed by atoms with Crippen LogP contribution < -0.4 is 0 Å². The second kappa shape index (κ2) is 11.8. The van der Waals surface area contributed by atoms with Gasteiger partial charge in [0, 0.05) is 68.2 Å². The molecule has 0 fully saturated rings. The SMILES string of the molecule is c1ccc(-c2nc(-c3ccccc3)nc(-c3cccc(-c4ccc5c(c4)sc4ccccc45)c3-c3cccc4c3sc3ccccc34)n2)cc1. The van der Waals surface area contributed by atoms with Gasteiger partial charge in [-0.2, -0.15) is 0 Å². The smallest absolute Gasteiger partial charge is 0.164 e. The Morgan fingerprint density at radius 3 is 1.56 bits per heavy atom. The zero-order chi connectivity index (χ0) is 33.0. The van der Waals surface area contributed by atoms with E-state index in [2.05, 4.69) is 127 Å². The lowest BCUT2D eigenvalue weighted by atomic mass is 9.89. The molecule has 5 heteroatoms. The highest BCUT2D eigenvalue weighted by Gasteiger charge is 2.22. The van der Waals surface area contributed by atoms with Crippen molar-refractivity contribution in [1.29, 1.82) is 0 Å². The van der Waals surface area contributed by atoms with Crippen molar-refractivity contribution in [1.82, 2.24) is 15.0 Å². The molecule has 50 heavy (non-hydrogen) atoms. The molecule has 0 N–H and O–H groups in total. The van der Waals surface area contributed by atoms with Crippen molar-refractivity contribution in [3.05, 3.63) is 164 Å². The average Bonchev–Trinajstić information content (AvgIpc) is 3.76. The number of thiophene rings is 2. The summed E-state index contributed by atoms with van der Waals surface area (Å²) in [5.74, 6) is 1.95. The van der Waals surface area contributed by atoms with Gasteiger partial charge in [0.1, 0.15) is 0 Å². The molecule has 7 aromatic carbocycles. The summed E-state index contributed by atoms with van der Waals surface area (Å²) in [7, 11) is 0. The number of aromatic nitrogens is 3. The predicted molar refractivity (Wildman–Crippen MR) is 213 cm³/mol. The maximum absolute atomic E-state index is 5.21. The normalized spacial score (nSPS) is 11.6. The topological polar surface area (TPSA) is 38.7 Å². The lowest BCUT2D eigenvalue weighted by Gasteiger charge is -2.17. The zero-order valence-electron chi connectivity index (χ0n) is 26.7. The third kappa shape index (κ3) is 4.82. The molecule has 3 nitrogen and oxygen atoms in total. The third-order valence-electron chi connectivity index (χ3n) is 9.37. The Balaban J connectivity index is 1.28. The number of hydrogen-bond donors (Lipinski definition) is 0. The Labute approximate surface area is 296 Å². The summed E-state index contributed by atoms with van der Waals surface area (Å²) in [6, 6.07) is 57.9. The van der Waals surface area contributed by atoms with Crippen LogP contribution in [0.2, 0.25) is 0 Å². The van der Waals surface area contributed by atoms with E-state index in [9.17, 15) is 0 Å². The maximum atomic E-state index is 5.21. The quantitative estimate of drug-likeness (QED) is 0.182. The van der Waals surface area contributed by atoms with E-state index >= 15 is 0 Å². The van der Waals surface area contributed by atoms with Crippen molar-refractivity contribution < 1.29 is 0 Å². The van der Waals surface area contributed by atoms with Gasteiger partial charge in [-0.15, -0.1) is 22.7 Å². The van der Waals surface area contributed by atoms with Crippen molar-refractivity contribution in [3.8, 4) is 56.4 Å². The molecule has 0 aliphatic rings. The number of benzene rings is 7. The van der Waals surface area contributed by atoms with Gasteiger partial charge in [-0.25, -0.2) is 15.0 Å². The highest BCUT2D eigenvalue weighted by molar-refractivity contribution is 7.26. The van der Waals surface area contributed by atoms with Crippen molar-refractivity contribution >= 4 is 63.0 Å². The first-order valence-corrected chi connectivity index (χ1v) is 18.2. The molecule has 234 valence electrons. The molecule has 0 radical (unpaired) electrons. The molecule has 3 aromatic heterocycles. The highest BCUT2D eigenvalue weighted by Crippen LogP contribution is 2.47. The first-order valence-electron chi connectivity index (χ1n) is 16.6. The lowest BCUT2D eigenvalue weighted by Crippen LogP contribution is -2.01. The van der Waals surface area contributed by atoms with E-state index < -0.39 is 0 Å². The summed E-state index contributed by atoms with van der Waals surface area (Å²) in [5.41, 5.74) is 7.48. The Bertz CT molecular complexity index is 2810. The van der Waals surface area contributed by atoms with Crippen molar-refractivity contribution in [2.24, 2.45) is 0 Å². The van der Waals surface area contributed by atoms with Crippen LogP contribution in [0.25, 0.3) is 96.8 Å². The lowest BCUT2D eigenvalue weighted by molar-refractivity contribution is 1.07. The molecule has 0 aliphatic carbocycles. The molecule has 10 aromatic rings. The first kappa shape index (κ1) is 29.0. The Morgan fingerprint density at radius 1 is 0.320 bits per heavy atom. The first-order chi connectivity index (χ1) is 24.8. The van der Waals surface area contributed by atoms with Gasteiger partial charge in [0.05, 0.1) is 0 Å². The van der Waals surface area contributed by atoms with E-state index in [4.69, 9.17) is 15.0 Å². The summed E-state index contributed by atoms with van der Waals surface area (Å²) in [6.07, 6.45) is 0. The van der Waals surface area contributed by atoms with Crippen LogP contribution in [-0.4, -0.2) is 15.0 Å². The van der Waals surface area contributed by atoms with Gasteiger partial charge >= 0.3 is 0 Å². The molecule has 0 aliphatic heterocycles. The third-order valence-corrected chi connectivity index (χ3v) is 11.7. The van der Waals surface area contributed by atoms with E-state index in [1.165, 1.54) is 51.5 Å². The Kier molecular flexibility index (Phi) is 6.86. The molecule has 0 saturated carbocycles. The van der Waals surface area contributed by atoms with Gasteiger partial charge in [-0.3, -0.25) is 0 Å². The van der Waals surface area contributed by atoms with Gasteiger partial charge in [0.15, 0.2) is 17.5 Å². The maximum Gasteiger partial charge on any atom is 0.164 e. The fraction of sp³-hybridized carbons (Fsp3) is 0. The zero-order valence-corrected chi connectivity index (χ0v) is 28.4. The van der Waals surface area contributed by atoms with Crippen LogP contribution in [0, 0.1) is 0 Å². The van der Waals surface area contributed by atoms with E-state index in [0.717, 1.165) is 27.8 Å². The second-order valence-corrected chi connectivity index (χ2v) is 14.5. The predicted octanol–water partition coefficient (Wildman–Crippen LogP) is 12.9. The van der Waals surface area contributed by atoms with Gasteiger partial charge in [-0.05, 0) is 29.3 Å². The minimum Gasteiger partial charge on any atom is -0.208 e. The van der Waals surface area contributed by atoms with Crippen LogP contribution >= 0.6 is 22.7 Å². The molecule has 0 bridgehead atoms. The van der Waals surface area contributed by atoms with Gasteiger partial charge in [-0.1, -0.05) is 146 Å². The van der Waals surface area contributed by atoms with Gasteiger partial charge < -0.3 is 0 Å². The number of hydrogen-bond acceptors (Lipinski definition) is 5. The monoisotopic (exact) mass is 673 g/mol. The van der Waals surface area contributed by atoms with Crippen molar-refractivity contribution in [2.45, 2.75) is 0 Å². The molecule has 3 heterocycles. The molecule has 0 amide bonds. The fourth-order valence-corrected chi connectivity index (χ4v) is 9.40. The summed E-state index contributed by atoms with van der Waals surface area (Å²) >= 11 is 3.69. The van der Waals surface area contributed by atoms with E-state index in [1.54, 1.807) is 0 Å². The molecule has 0 spiro atoms. The molecular formula is C45H27N3S2. The number of rotatable bonds is 5. The van der Waals surface area contributed by atoms with Crippen LogP contribution in [0.5, 0.6) is 0 Å². The van der Waals surface area contributed by atoms with E-state index in [-0.39, 0.29) is 0 Å². The summed E-state index contributed by atoms with van der Waals surface area (Å²) in [5, 5.41) is 5.12. The summed E-state index contributed by atoms with van der Waals surface area (Å²) in [6.45, 7) is 0. The van der Waals surface area contributed by atoms with Crippen LogP contribution in [0.1, 0.15) is 0 Å². The van der Waals surface area contributed by atoms with Crippen LogP contribution in [-0.2, 0) is 0 Å². The van der Waals surface area contributed by atoms with Crippen LogP contribution in [0.3, 0.4) is 0 Å². The number of nitrogens with zero attached hydrogens (tertiary/aromatic N) is 3. The average molecular weight is 674 g/mol. The standard InChI is InChI=1S/C45H27N3S2/c1-3-13-28(14-4-1)43-46-44(29-15-5-2-6-16-29)48-45(47-43)37-22-11-19-31(30-25-26-34-32-17-7-9-23-38(32)49-40(34)27-30)41(37)36-21-12-20-35-33-18-8-10-24-39(33)50-42(35)36/h1-27H. The molecule has 0 atom stereocenters. The summed E-state index contributed by atoms with van der Waals surface area (Å²) in [4.78, 5) is 15.4. The minimum absolute atomic E-state index is 0.649. The summed E-state index contributed by atoms with van der Waals surface area (Å²) < 4.78 is 5.11. The van der Waals surface area contributed by atoms with Crippen LogP contribution in [0.15, 0.2) is 164 Å². The molecule has 0 unspecified atom stereocenters. The second-order valence-electron chi connectivity index (χ2n) is 12.4. The molecule has 0 saturated heterocycles. The van der Waals surface area contributed by atoms with Gasteiger partial charge in [0.2, 0.25) is 0 Å². The van der Waals surface area contributed by atoms with E-state index in [1.807, 2.05) is 59.1 Å².